The normalized spacial score (nSPS) is 9.86. The highest BCUT2D eigenvalue weighted by molar-refractivity contribution is 7.98. The second-order valence-electron chi connectivity index (χ2n) is 2.92. The summed E-state index contributed by atoms with van der Waals surface area (Å²) in [6.07, 6.45) is 1.89. The van der Waals surface area contributed by atoms with Gasteiger partial charge in [-0.05, 0) is 30.9 Å². The molecular formula is C10H11NO2S. The third kappa shape index (κ3) is 2.14. The Bertz CT molecular complexity index is 388. The van der Waals surface area contributed by atoms with E-state index in [0.29, 0.717) is 11.1 Å². The summed E-state index contributed by atoms with van der Waals surface area (Å²) in [5.74, 6) is 0. The van der Waals surface area contributed by atoms with Crippen LogP contribution in [-0.4, -0.2) is 11.2 Å². The Kier molecular flexibility index (Phi) is 3.30. The molecular weight excluding hydrogens is 198 g/mol. The molecule has 0 saturated heterocycles. The van der Waals surface area contributed by atoms with Crippen molar-refractivity contribution in [2.24, 2.45) is 0 Å². The predicted octanol–water partition coefficient (Wildman–Crippen LogP) is 3.35. The molecule has 0 spiro atoms. The van der Waals surface area contributed by atoms with E-state index in [-0.39, 0.29) is 10.6 Å². The van der Waals surface area contributed by atoms with Gasteiger partial charge in [-0.1, -0.05) is 6.58 Å². The van der Waals surface area contributed by atoms with Crippen LogP contribution in [0.15, 0.2) is 29.7 Å². The molecule has 0 bridgehead atoms. The van der Waals surface area contributed by atoms with Gasteiger partial charge in [0.25, 0.3) is 5.69 Å². The second-order valence-corrected chi connectivity index (χ2v) is 3.80. The Morgan fingerprint density at radius 1 is 1.57 bits per heavy atom. The molecule has 1 aromatic rings. The number of hydrogen-bond donors (Lipinski definition) is 0. The van der Waals surface area contributed by atoms with Crippen LogP contribution >= 0.6 is 11.8 Å². The van der Waals surface area contributed by atoms with Crippen molar-refractivity contribution in [1.29, 1.82) is 0 Å². The standard InChI is InChI=1S/C10H11NO2S/c1-7(2)9-5-4-8(14-3)6-10(9)11(12)13/h4-6H,1H2,2-3H3. The van der Waals surface area contributed by atoms with E-state index in [1.54, 1.807) is 19.1 Å². The number of rotatable bonds is 3. The molecule has 0 fully saturated rings. The largest absolute Gasteiger partial charge is 0.277 e. The summed E-state index contributed by atoms with van der Waals surface area (Å²) >= 11 is 1.49. The van der Waals surface area contributed by atoms with E-state index >= 15 is 0 Å². The van der Waals surface area contributed by atoms with Gasteiger partial charge in [-0.3, -0.25) is 10.1 Å². The quantitative estimate of drug-likeness (QED) is 0.435. The molecule has 1 rings (SSSR count). The Hall–Kier alpha value is -1.29. The van der Waals surface area contributed by atoms with E-state index in [1.165, 1.54) is 11.8 Å². The summed E-state index contributed by atoms with van der Waals surface area (Å²) in [6.45, 7) is 5.48. The van der Waals surface area contributed by atoms with Crippen LogP contribution in [0, 0.1) is 10.1 Å². The van der Waals surface area contributed by atoms with Crippen LogP contribution in [-0.2, 0) is 0 Å². The van der Waals surface area contributed by atoms with Crippen LogP contribution in [0.5, 0.6) is 0 Å². The molecule has 0 N–H and O–H groups in total. The molecule has 0 radical (unpaired) electrons. The van der Waals surface area contributed by atoms with Gasteiger partial charge in [0.1, 0.15) is 0 Å². The van der Waals surface area contributed by atoms with Crippen molar-refractivity contribution in [2.45, 2.75) is 11.8 Å². The van der Waals surface area contributed by atoms with E-state index in [0.717, 1.165) is 4.90 Å². The van der Waals surface area contributed by atoms with Crippen LogP contribution in [0.25, 0.3) is 5.57 Å². The van der Waals surface area contributed by atoms with Gasteiger partial charge >= 0.3 is 0 Å². The predicted molar refractivity (Wildman–Crippen MR) is 59.6 cm³/mol. The Morgan fingerprint density at radius 3 is 2.64 bits per heavy atom. The lowest BCUT2D eigenvalue weighted by molar-refractivity contribution is -0.385. The highest BCUT2D eigenvalue weighted by Gasteiger charge is 2.14. The molecule has 0 atom stereocenters. The van der Waals surface area contributed by atoms with Crippen molar-refractivity contribution in [1.82, 2.24) is 0 Å². The second kappa shape index (κ2) is 4.28. The van der Waals surface area contributed by atoms with Gasteiger partial charge in [0.2, 0.25) is 0 Å². The third-order valence-electron chi connectivity index (χ3n) is 1.86. The molecule has 74 valence electrons. The Balaban J connectivity index is 3.31. The molecule has 4 heteroatoms. The average molecular weight is 209 g/mol. The molecule has 1 aromatic carbocycles. The van der Waals surface area contributed by atoms with E-state index in [2.05, 4.69) is 6.58 Å². The summed E-state index contributed by atoms with van der Waals surface area (Å²) in [4.78, 5) is 11.3. The van der Waals surface area contributed by atoms with Gasteiger partial charge < -0.3 is 0 Å². The lowest BCUT2D eigenvalue weighted by Crippen LogP contribution is -1.93. The van der Waals surface area contributed by atoms with Gasteiger partial charge in [0.05, 0.1) is 10.5 Å². The molecule has 0 aliphatic heterocycles. The van der Waals surface area contributed by atoms with E-state index in [1.807, 2.05) is 12.3 Å². The number of nitro groups is 1. The fraction of sp³-hybridized carbons (Fsp3) is 0.200. The minimum Gasteiger partial charge on any atom is -0.258 e. The smallest absolute Gasteiger partial charge is 0.258 e. The molecule has 3 nitrogen and oxygen atoms in total. The number of thioether (sulfide) groups is 1. The van der Waals surface area contributed by atoms with Crippen LogP contribution < -0.4 is 0 Å². The maximum Gasteiger partial charge on any atom is 0.277 e. The SMILES string of the molecule is C=C(C)c1ccc(SC)cc1[N+](=O)[O-]. The van der Waals surface area contributed by atoms with Gasteiger partial charge in [0, 0.05) is 11.0 Å². The molecule has 0 saturated carbocycles. The summed E-state index contributed by atoms with van der Waals surface area (Å²) in [5, 5.41) is 10.7. The van der Waals surface area contributed by atoms with Crippen molar-refractivity contribution >= 4 is 23.0 Å². The molecule has 0 aliphatic carbocycles. The highest BCUT2D eigenvalue weighted by atomic mass is 32.2. The zero-order chi connectivity index (χ0) is 10.7. The summed E-state index contributed by atoms with van der Waals surface area (Å²) in [6, 6.07) is 5.18. The van der Waals surface area contributed by atoms with Crippen molar-refractivity contribution in [2.75, 3.05) is 6.26 Å². The fourth-order valence-electron chi connectivity index (χ4n) is 1.15. The molecule has 0 aromatic heterocycles. The van der Waals surface area contributed by atoms with E-state index in [4.69, 9.17) is 0 Å². The monoisotopic (exact) mass is 209 g/mol. The van der Waals surface area contributed by atoms with Crippen LogP contribution in [0.1, 0.15) is 12.5 Å². The number of allylic oxidation sites excluding steroid dienone is 1. The lowest BCUT2D eigenvalue weighted by atomic mass is 10.1. The maximum atomic E-state index is 10.7. The average Bonchev–Trinajstić information content (AvgIpc) is 2.16. The first-order valence-corrected chi connectivity index (χ1v) is 5.27. The van der Waals surface area contributed by atoms with E-state index < -0.39 is 0 Å². The summed E-state index contributed by atoms with van der Waals surface area (Å²) in [5.41, 5.74) is 1.45. The Labute approximate surface area is 87.0 Å². The lowest BCUT2D eigenvalue weighted by Gasteiger charge is -2.03. The van der Waals surface area contributed by atoms with Crippen LogP contribution in [0.2, 0.25) is 0 Å². The van der Waals surface area contributed by atoms with Crippen molar-refractivity contribution in [3.63, 3.8) is 0 Å². The topological polar surface area (TPSA) is 43.1 Å². The number of nitro benzene ring substituents is 1. The van der Waals surface area contributed by atoms with Crippen LogP contribution in [0.4, 0.5) is 5.69 Å². The van der Waals surface area contributed by atoms with Gasteiger partial charge in [-0.15, -0.1) is 11.8 Å². The van der Waals surface area contributed by atoms with Gasteiger partial charge in [0.15, 0.2) is 0 Å². The number of nitrogens with zero attached hydrogens (tertiary/aromatic N) is 1. The van der Waals surface area contributed by atoms with Crippen molar-refractivity contribution in [3.05, 3.63) is 40.5 Å². The molecule has 0 unspecified atom stereocenters. The molecule has 0 aliphatic rings. The van der Waals surface area contributed by atoms with Gasteiger partial charge in [-0.2, -0.15) is 0 Å². The number of hydrogen-bond acceptors (Lipinski definition) is 3. The zero-order valence-corrected chi connectivity index (χ0v) is 8.93. The first-order chi connectivity index (χ1) is 6.56. The third-order valence-corrected chi connectivity index (χ3v) is 2.59. The molecule has 0 amide bonds. The highest BCUT2D eigenvalue weighted by Crippen LogP contribution is 2.29. The first-order valence-electron chi connectivity index (χ1n) is 4.04. The maximum absolute atomic E-state index is 10.7. The van der Waals surface area contributed by atoms with Crippen molar-refractivity contribution in [3.8, 4) is 0 Å². The Morgan fingerprint density at radius 2 is 2.21 bits per heavy atom. The van der Waals surface area contributed by atoms with E-state index in [9.17, 15) is 10.1 Å². The fourth-order valence-corrected chi connectivity index (χ4v) is 1.58. The molecule has 14 heavy (non-hydrogen) atoms. The van der Waals surface area contributed by atoms with Gasteiger partial charge in [-0.25, -0.2) is 0 Å². The molecule has 0 heterocycles. The van der Waals surface area contributed by atoms with Crippen molar-refractivity contribution < 1.29 is 4.92 Å². The minimum atomic E-state index is -0.371. The summed E-state index contributed by atoms with van der Waals surface area (Å²) < 4.78 is 0. The number of benzene rings is 1. The zero-order valence-electron chi connectivity index (χ0n) is 8.11. The summed E-state index contributed by atoms with van der Waals surface area (Å²) in [7, 11) is 0. The first kappa shape index (κ1) is 10.8. The van der Waals surface area contributed by atoms with Crippen LogP contribution in [0.3, 0.4) is 0 Å². The minimum absolute atomic E-state index is 0.129.